The Kier molecular flexibility index (Phi) is 3.71. The van der Waals surface area contributed by atoms with Crippen LogP contribution in [0.15, 0.2) is 6.07 Å². The Bertz CT molecular complexity index is 590. The number of carbonyl (C=O) groups is 2. The van der Waals surface area contributed by atoms with Crippen molar-refractivity contribution in [1.82, 2.24) is 14.9 Å². The summed E-state index contributed by atoms with van der Waals surface area (Å²) in [5.41, 5.74) is -1.14. The van der Waals surface area contributed by atoms with Gasteiger partial charge in [-0.15, -0.1) is 0 Å². The van der Waals surface area contributed by atoms with Crippen molar-refractivity contribution >= 4 is 23.6 Å². The second-order valence-corrected chi connectivity index (χ2v) is 4.40. The number of nitrogens with zero attached hydrogens (tertiary/aromatic N) is 3. The van der Waals surface area contributed by atoms with E-state index in [2.05, 4.69) is 20.6 Å². The lowest BCUT2D eigenvalue weighted by Gasteiger charge is -2.14. The lowest BCUT2D eigenvalue weighted by molar-refractivity contribution is -0.141. The van der Waals surface area contributed by atoms with E-state index in [1.165, 1.54) is 14.1 Å². The van der Waals surface area contributed by atoms with Crippen LogP contribution in [-0.2, 0) is 15.8 Å². The summed E-state index contributed by atoms with van der Waals surface area (Å²) in [5.74, 6) is -1.34. The van der Waals surface area contributed by atoms with E-state index < -0.39 is 29.7 Å². The largest absolute Gasteiger partial charge is 0.433 e. The molecule has 0 spiro atoms. The van der Waals surface area contributed by atoms with Crippen molar-refractivity contribution in [2.75, 3.05) is 24.7 Å². The van der Waals surface area contributed by atoms with Gasteiger partial charge in [0.1, 0.15) is 11.9 Å². The molecule has 0 aromatic carbocycles. The molecule has 0 bridgehead atoms. The zero-order valence-electron chi connectivity index (χ0n) is 11.2. The molecule has 1 atom stereocenters. The number of likely N-dealkylation sites (N-methyl/N-ethyl adjacent to an activating group) is 1. The normalized spacial score (nSPS) is 19.1. The van der Waals surface area contributed by atoms with Crippen LogP contribution >= 0.6 is 0 Å². The minimum Gasteiger partial charge on any atom is -0.358 e. The zero-order chi connectivity index (χ0) is 15.8. The lowest BCUT2D eigenvalue weighted by atomic mass is 10.2. The number of halogens is 3. The van der Waals surface area contributed by atoms with Crippen LogP contribution in [0.3, 0.4) is 0 Å². The molecule has 0 radical (unpaired) electrons. The van der Waals surface area contributed by atoms with Gasteiger partial charge in [0.15, 0.2) is 5.69 Å². The maximum atomic E-state index is 12.7. The summed E-state index contributed by atoms with van der Waals surface area (Å²) in [6.45, 7) is 0. The van der Waals surface area contributed by atoms with Gasteiger partial charge < -0.3 is 10.6 Å². The van der Waals surface area contributed by atoms with Gasteiger partial charge in [0.25, 0.3) is 5.91 Å². The molecule has 7 nitrogen and oxygen atoms in total. The number of likely N-dealkylation sites (tertiary alicyclic amines) is 1. The first-order valence-electron chi connectivity index (χ1n) is 5.93. The number of alkyl halides is 3. The van der Waals surface area contributed by atoms with E-state index in [0.717, 1.165) is 4.90 Å². The summed E-state index contributed by atoms with van der Waals surface area (Å²) in [4.78, 5) is 31.1. The fraction of sp³-hybridized carbons (Fsp3) is 0.455. The second kappa shape index (κ2) is 5.19. The first kappa shape index (κ1) is 15.0. The van der Waals surface area contributed by atoms with Gasteiger partial charge in [0.05, 0.1) is 6.42 Å². The third kappa shape index (κ3) is 3.03. The minimum atomic E-state index is -4.64. The average molecular weight is 303 g/mol. The topological polar surface area (TPSA) is 87.2 Å². The number of anilines is 2. The van der Waals surface area contributed by atoms with Crippen molar-refractivity contribution < 1.29 is 22.8 Å². The van der Waals surface area contributed by atoms with Crippen LogP contribution in [-0.4, -0.2) is 46.8 Å². The summed E-state index contributed by atoms with van der Waals surface area (Å²) in [6.07, 6.45) is -4.77. The fourth-order valence-corrected chi connectivity index (χ4v) is 1.83. The molecule has 2 N–H and O–H groups in total. The van der Waals surface area contributed by atoms with Crippen LogP contribution in [0.25, 0.3) is 0 Å². The first-order chi connectivity index (χ1) is 9.72. The van der Waals surface area contributed by atoms with Gasteiger partial charge in [-0.2, -0.15) is 18.2 Å². The number of hydrogen-bond acceptors (Lipinski definition) is 6. The highest BCUT2D eigenvalue weighted by atomic mass is 19.4. The van der Waals surface area contributed by atoms with Crippen LogP contribution in [0, 0.1) is 0 Å². The number of imide groups is 1. The Morgan fingerprint density at radius 1 is 1.33 bits per heavy atom. The number of rotatable bonds is 3. The van der Waals surface area contributed by atoms with Crippen LogP contribution in [0.5, 0.6) is 0 Å². The van der Waals surface area contributed by atoms with Crippen LogP contribution in [0.1, 0.15) is 12.1 Å². The van der Waals surface area contributed by atoms with Gasteiger partial charge in [0, 0.05) is 20.2 Å². The first-order valence-corrected chi connectivity index (χ1v) is 5.93. The maximum Gasteiger partial charge on any atom is 0.433 e. The molecular weight excluding hydrogens is 291 g/mol. The van der Waals surface area contributed by atoms with E-state index in [1.54, 1.807) is 0 Å². The number of nitrogens with one attached hydrogen (secondary N) is 2. The smallest absolute Gasteiger partial charge is 0.358 e. The number of aromatic nitrogens is 2. The van der Waals surface area contributed by atoms with Gasteiger partial charge in [-0.3, -0.25) is 14.5 Å². The van der Waals surface area contributed by atoms with E-state index in [-0.39, 0.29) is 18.2 Å². The predicted octanol–water partition coefficient (Wildman–Crippen LogP) is 0.706. The fourth-order valence-electron chi connectivity index (χ4n) is 1.83. The van der Waals surface area contributed by atoms with Crippen molar-refractivity contribution in [2.45, 2.75) is 18.6 Å². The molecule has 1 aliphatic heterocycles. The Hall–Kier alpha value is -2.39. The van der Waals surface area contributed by atoms with Crippen molar-refractivity contribution in [3.8, 4) is 0 Å². The van der Waals surface area contributed by atoms with Gasteiger partial charge in [-0.05, 0) is 0 Å². The molecular formula is C11H12F3N5O2. The van der Waals surface area contributed by atoms with E-state index in [9.17, 15) is 22.8 Å². The Morgan fingerprint density at radius 2 is 2.00 bits per heavy atom. The number of hydrogen-bond donors (Lipinski definition) is 2. The Balaban J connectivity index is 2.28. The van der Waals surface area contributed by atoms with Gasteiger partial charge in [0.2, 0.25) is 11.9 Å². The molecule has 2 amide bonds. The molecule has 10 heteroatoms. The zero-order valence-corrected chi connectivity index (χ0v) is 11.2. The summed E-state index contributed by atoms with van der Waals surface area (Å²) >= 11 is 0. The quantitative estimate of drug-likeness (QED) is 0.800. The van der Waals surface area contributed by atoms with Gasteiger partial charge in [-0.25, -0.2) is 4.98 Å². The van der Waals surface area contributed by atoms with E-state index >= 15 is 0 Å². The minimum absolute atomic E-state index is 0.129. The maximum absolute atomic E-state index is 12.7. The summed E-state index contributed by atoms with van der Waals surface area (Å²) in [6, 6.07) is -0.236. The van der Waals surface area contributed by atoms with Crippen LogP contribution in [0.2, 0.25) is 0 Å². The van der Waals surface area contributed by atoms with Gasteiger partial charge in [-0.1, -0.05) is 0 Å². The van der Waals surface area contributed by atoms with Crippen molar-refractivity contribution in [2.24, 2.45) is 0 Å². The molecule has 114 valence electrons. The summed E-state index contributed by atoms with van der Waals surface area (Å²) in [7, 11) is 2.68. The molecule has 1 saturated heterocycles. The highest BCUT2D eigenvalue weighted by molar-refractivity contribution is 6.06. The molecule has 1 aliphatic rings. The molecule has 1 aromatic heterocycles. The number of carbonyl (C=O) groups excluding carboxylic acids is 2. The Morgan fingerprint density at radius 3 is 2.48 bits per heavy atom. The molecule has 1 fully saturated rings. The highest BCUT2D eigenvalue weighted by Crippen LogP contribution is 2.30. The molecule has 2 heterocycles. The summed E-state index contributed by atoms with van der Waals surface area (Å²) < 4.78 is 38.2. The molecule has 21 heavy (non-hydrogen) atoms. The van der Waals surface area contributed by atoms with E-state index in [0.29, 0.717) is 6.07 Å². The SMILES string of the molecule is CNc1nc(NC2CC(=O)N(C)C2=O)cc(C(F)(F)F)n1. The third-order valence-electron chi connectivity index (χ3n) is 2.94. The van der Waals surface area contributed by atoms with Crippen molar-refractivity contribution in [3.63, 3.8) is 0 Å². The third-order valence-corrected chi connectivity index (χ3v) is 2.94. The average Bonchev–Trinajstić information content (AvgIpc) is 2.65. The van der Waals surface area contributed by atoms with Crippen molar-refractivity contribution in [1.29, 1.82) is 0 Å². The highest BCUT2D eigenvalue weighted by Gasteiger charge is 2.37. The lowest BCUT2D eigenvalue weighted by Crippen LogP contribution is -2.32. The van der Waals surface area contributed by atoms with E-state index in [1.807, 2.05) is 0 Å². The molecule has 1 unspecified atom stereocenters. The molecule has 2 rings (SSSR count). The number of amides is 2. The van der Waals surface area contributed by atoms with Crippen LogP contribution in [0.4, 0.5) is 24.9 Å². The second-order valence-electron chi connectivity index (χ2n) is 4.40. The monoisotopic (exact) mass is 303 g/mol. The molecule has 0 saturated carbocycles. The van der Waals surface area contributed by atoms with Crippen molar-refractivity contribution in [3.05, 3.63) is 11.8 Å². The van der Waals surface area contributed by atoms with Crippen LogP contribution < -0.4 is 10.6 Å². The standard InChI is InChI=1S/C11H12F3N5O2/c1-15-10-17-6(11(12,13)14)4-7(18-10)16-5-3-8(20)19(2)9(5)21/h4-5H,3H2,1-2H3,(H2,15,16,17,18). The molecule has 1 aromatic rings. The predicted molar refractivity (Wildman–Crippen MR) is 66.4 cm³/mol. The summed E-state index contributed by atoms with van der Waals surface area (Å²) in [5, 5.41) is 4.94. The van der Waals surface area contributed by atoms with E-state index in [4.69, 9.17) is 0 Å². The van der Waals surface area contributed by atoms with Gasteiger partial charge >= 0.3 is 6.18 Å². The Labute approximate surface area is 117 Å². The molecule has 0 aliphatic carbocycles.